The molecule has 0 aliphatic carbocycles. The molecule has 1 aromatic rings. The summed E-state index contributed by atoms with van der Waals surface area (Å²) < 4.78 is 5.39. The maximum absolute atomic E-state index is 5.81. The molecule has 0 fully saturated rings. The second-order valence-corrected chi connectivity index (χ2v) is 4.21. The third-order valence-corrected chi connectivity index (χ3v) is 2.49. The number of rotatable bonds is 8. The minimum absolute atomic E-state index is 0.789. The molecule has 0 atom stereocenters. The average Bonchev–Trinajstić information content (AvgIpc) is 2.30. The van der Waals surface area contributed by atoms with Gasteiger partial charge in [-0.05, 0) is 37.1 Å². The summed E-state index contributed by atoms with van der Waals surface area (Å²) in [5, 5.41) is 4.16. The Morgan fingerprint density at radius 1 is 1.19 bits per heavy atom. The van der Waals surface area contributed by atoms with Crippen LogP contribution in [-0.4, -0.2) is 19.8 Å². The first-order valence-electron chi connectivity index (χ1n) is 5.86. The summed E-state index contributed by atoms with van der Waals surface area (Å²) in [6.07, 6.45) is 2.16. The zero-order chi connectivity index (χ0) is 11.6. The van der Waals surface area contributed by atoms with Gasteiger partial charge in [0, 0.05) is 24.8 Å². The average molecular weight is 242 g/mol. The summed E-state index contributed by atoms with van der Waals surface area (Å²) in [4.78, 5) is 0. The predicted molar refractivity (Wildman–Crippen MR) is 68.9 cm³/mol. The Kier molecular flexibility index (Phi) is 7.23. The van der Waals surface area contributed by atoms with Crippen molar-refractivity contribution in [2.75, 3.05) is 19.8 Å². The Labute approximate surface area is 103 Å². The molecule has 2 nitrogen and oxygen atoms in total. The lowest BCUT2D eigenvalue weighted by Crippen LogP contribution is -2.16. The van der Waals surface area contributed by atoms with Crippen molar-refractivity contribution in [1.82, 2.24) is 5.32 Å². The normalized spacial score (nSPS) is 10.6. The number of halogens is 1. The van der Waals surface area contributed by atoms with E-state index in [4.69, 9.17) is 16.3 Å². The predicted octanol–water partition coefficient (Wildman–Crippen LogP) is 3.25. The highest BCUT2D eigenvalue weighted by molar-refractivity contribution is 6.30. The van der Waals surface area contributed by atoms with E-state index in [2.05, 4.69) is 12.2 Å². The molecule has 0 saturated carbocycles. The van der Waals surface area contributed by atoms with Gasteiger partial charge in [-0.1, -0.05) is 30.7 Å². The molecule has 0 spiro atoms. The van der Waals surface area contributed by atoms with Gasteiger partial charge in [0.2, 0.25) is 0 Å². The van der Waals surface area contributed by atoms with E-state index in [0.29, 0.717) is 0 Å². The van der Waals surface area contributed by atoms with Gasteiger partial charge in [0.05, 0.1) is 0 Å². The van der Waals surface area contributed by atoms with Crippen LogP contribution in [0.1, 0.15) is 25.3 Å². The molecule has 0 aliphatic rings. The van der Waals surface area contributed by atoms with Gasteiger partial charge in [-0.3, -0.25) is 0 Å². The highest BCUT2D eigenvalue weighted by Crippen LogP contribution is 2.08. The topological polar surface area (TPSA) is 21.3 Å². The van der Waals surface area contributed by atoms with Crippen molar-refractivity contribution in [2.45, 2.75) is 26.3 Å². The minimum atomic E-state index is 0.789. The van der Waals surface area contributed by atoms with Crippen LogP contribution in [0.15, 0.2) is 24.3 Å². The number of benzene rings is 1. The second kappa shape index (κ2) is 8.57. The van der Waals surface area contributed by atoms with E-state index in [1.165, 1.54) is 5.56 Å². The fraction of sp³-hybridized carbons (Fsp3) is 0.538. The van der Waals surface area contributed by atoms with Crippen molar-refractivity contribution < 1.29 is 4.74 Å². The molecule has 0 aromatic heterocycles. The van der Waals surface area contributed by atoms with Gasteiger partial charge in [-0.25, -0.2) is 0 Å². The molecular formula is C13H20ClNO. The highest BCUT2D eigenvalue weighted by atomic mass is 35.5. The van der Waals surface area contributed by atoms with Crippen molar-refractivity contribution >= 4 is 11.6 Å². The van der Waals surface area contributed by atoms with Gasteiger partial charge in [0.1, 0.15) is 0 Å². The number of hydrogen-bond acceptors (Lipinski definition) is 2. The maximum atomic E-state index is 5.81. The molecule has 0 radical (unpaired) electrons. The summed E-state index contributed by atoms with van der Waals surface area (Å²) in [5.41, 5.74) is 1.26. The van der Waals surface area contributed by atoms with E-state index in [-0.39, 0.29) is 0 Å². The summed E-state index contributed by atoms with van der Waals surface area (Å²) in [6, 6.07) is 7.93. The van der Waals surface area contributed by atoms with Crippen LogP contribution < -0.4 is 5.32 Å². The van der Waals surface area contributed by atoms with Crippen LogP contribution in [0.25, 0.3) is 0 Å². The Balaban J connectivity index is 2.01. The largest absolute Gasteiger partial charge is 0.381 e. The van der Waals surface area contributed by atoms with Gasteiger partial charge in [0.25, 0.3) is 0 Å². The van der Waals surface area contributed by atoms with Gasteiger partial charge in [-0.15, -0.1) is 0 Å². The molecule has 90 valence electrons. The van der Waals surface area contributed by atoms with Gasteiger partial charge in [-0.2, -0.15) is 0 Å². The van der Waals surface area contributed by atoms with Crippen molar-refractivity contribution in [3.05, 3.63) is 34.9 Å². The van der Waals surface area contributed by atoms with Crippen LogP contribution in [-0.2, 0) is 11.3 Å². The maximum Gasteiger partial charge on any atom is 0.0478 e. The van der Waals surface area contributed by atoms with Crippen LogP contribution >= 0.6 is 11.6 Å². The summed E-state index contributed by atoms with van der Waals surface area (Å²) in [7, 11) is 0. The molecule has 0 saturated heterocycles. The van der Waals surface area contributed by atoms with Gasteiger partial charge >= 0.3 is 0 Å². The van der Waals surface area contributed by atoms with Gasteiger partial charge in [0.15, 0.2) is 0 Å². The summed E-state index contributed by atoms with van der Waals surface area (Å²) in [6.45, 7) is 5.73. The summed E-state index contributed by atoms with van der Waals surface area (Å²) >= 11 is 5.81. The van der Waals surface area contributed by atoms with E-state index in [1.807, 2.05) is 24.3 Å². The van der Waals surface area contributed by atoms with Crippen LogP contribution in [0.4, 0.5) is 0 Å². The van der Waals surface area contributed by atoms with E-state index >= 15 is 0 Å². The SMILES string of the molecule is CCCOCCCNCc1ccc(Cl)cc1. The van der Waals surface area contributed by atoms with Gasteiger partial charge < -0.3 is 10.1 Å². The molecule has 16 heavy (non-hydrogen) atoms. The van der Waals surface area contributed by atoms with E-state index in [9.17, 15) is 0 Å². The highest BCUT2D eigenvalue weighted by Gasteiger charge is 1.93. The van der Waals surface area contributed by atoms with Crippen molar-refractivity contribution in [2.24, 2.45) is 0 Å². The van der Waals surface area contributed by atoms with Crippen molar-refractivity contribution in [3.8, 4) is 0 Å². The zero-order valence-electron chi connectivity index (χ0n) is 9.84. The lowest BCUT2D eigenvalue weighted by Gasteiger charge is -2.05. The van der Waals surface area contributed by atoms with Crippen molar-refractivity contribution in [1.29, 1.82) is 0 Å². The number of hydrogen-bond donors (Lipinski definition) is 1. The molecule has 0 bridgehead atoms. The molecular weight excluding hydrogens is 222 g/mol. The monoisotopic (exact) mass is 241 g/mol. The van der Waals surface area contributed by atoms with Crippen LogP contribution in [0.2, 0.25) is 5.02 Å². The zero-order valence-corrected chi connectivity index (χ0v) is 10.6. The van der Waals surface area contributed by atoms with E-state index in [1.54, 1.807) is 0 Å². The Morgan fingerprint density at radius 3 is 2.62 bits per heavy atom. The Bertz CT molecular complexity index is 274. The molecule has 3 heteroatoms. The smallest absolute Gasteiger partial charge is 0.0478 e. The first-order chi connectivity index (χ1) is 7.83. The molecule has 0 heterocycles. The number of nitrogens with one attached hydrogen (secondary N) is 1. The standard InChI is InChI=1S/C13H20ClNO/c1-2-9-16-10-3-8-15-11-12-4-6-13(14)7-5-12/h4-7,15H,2-3,8-11H2,1H3. The molecule has 1 aromatic carbocycles. The van der Waals surface area contributed by atoms with Crippen LogP contribution in [0.3, 0.4) is 0 Å². The van der Waals surface area contributed by atoms with Crippen LogP contribution in [0, 0.1) is 0 Å². The first kappa shape index (κ1) is 13.5. The number of ether oxygens (including phenoxy) is 1. The molecule has 0 aliphatic heterocycles. The molecule has 0 amide bonds. The third kappa shape index (κ3) is 6.11. The molecule has 1 N–H and O–H groups in total. The van der Waals surface area contributed by atoms with E-state index in [0.717, 1.165) is 44.2 Å². The third-order valence-electron chi connectivity index (χ3n) is 2.23. The fourth-order valence-electron chi connectivity index (χ4n) is 1.38. The lowest BCUT2D eigenvalue weighted by atomic mass is 10.2. The second-order valence-electron chi connectivity index (χ2n) is 3.77. The van der Waals surface area contributed by atoms with Crippen molar-refractivity contribution in [3.63, 3.8) is 0 Å². The Hall–Kier alpha value is -0.570. The summed E-state index contributed by atoms with van der Waals surface area (Å²) in [5.74, 6) is 0. The fourth-order valence-corrected chi connectivity index (χ4v) is 1.51. The van der Waals surface area contributed by atoms with E-state index < -0.39 is 0 Å². The Morgan fingerprint density at radius 2 is 1.94 bits per heavy atom. The lowest BCUT2D eigenvalue weighted by molar-refractivity contribution is 0.132. The minimum Gasteiger partial charge on any atom is -0.381 e. The first-order valence-corrected chi connectivity index (χ1v) is 6.23. The molecule has 0 unspecified atom stereocenters. The van der Waals surface area contributed by atoms with Crippen LogP contribution in [0.5, 0.6) is 0 Å². The molecule has 1 rings (SSSR count). The quantitative estimate of drug-likeness (QED) is 0.706.